The summed E-state index contributed by atoms with van der Waals surface area (Å²) in [7, 11) is -0.348. The highest BCUT2D eigenvalue weighted by atomic mass is 32.2. The molecule has 2 rings (SSSR count). The Morgan fingerprint density at radius 2 is 1.74 bits per heavy atom. The number of aryl methyl sites for hydroxylation is 1. The van der Waals surface area contributed by atoms with Crippen molar-refractivity contribution in [3.8, 4) is 0 Å². The van der Waals surface area contributed by atoms with Crippen molar-refractivity contribution in [1.29, 1.82) is 0 Å². The lowest BCUT2D eigenvalue weighted by Gasteiger charge is -2.13. The second-order valence-corrected chi connectivity index (χ2v) is 8.62. The summed E-state index contributed by atoms with van der Waals surface area (Å²) < 4.78 is 25.4. The van der Waals surface area contributed by atoms with Crippen molar-refractivity contribution in [2.45, 2.75) is 31.8 Å². The predicted octanol–water partition coefficient (Wildman–Crippen LogP) is 2.50. The van der Waals surface area contributed by atoms with Gasteiger partial charge < -0.3 is 10.6 Å². The van der Waals surface area contributed by atoms with Gasteiger partial charge in [-0.1, -0.05) is 42.0 Å². The van der Waals surface area contributed by atoms with Gasteiger partial charge in [-0.2, -0.15) is 0 Å². The van der Waals surface area contributed by atoms with Gasteiger partial charge in [0.15, 0.2) is 5.96 Å². The van der Waals surface area contributed by atoms with Gasteiger partial charge in [0, 0.05) is 27.2 Å². The Bertz CT molecular complexity index is 875. The standard InChI is InChI=1S/C20H28N4O2S/c1-5-21-20(23-15-18-8-6-7-16(2)13-18)22-14-17-9-11-19(12-10-17)27(25,26)24(3)4/h6-13H,5,14-15H2,1-4H3,(H2,21,22,23). The largest absolute Gasteiger partial charge is 0.357 e. The Labute approximate surface area is 162 Å². The molecular formula is C20H28N4O2S. The topological polar surface area (TPSA) is 73.8 Å². The lowest BCUT2D eigenvalue weighted by atomic mass is 10.1. The zero-order chi connectivity index (χ0) is 19.9. The average Bonchev–Trinajstić information content (AvgIpc) is 2.64. The number of aliphatic imine (C=N–C) groups is 1. The summed E-state index contributed by atoms with van der Waals surface area (Å²) in [6, 6.07) is 15.2. The predicted molar refractivity (Wildman–Crippen MR) is 110 cm³/mol. The van der Waals surface area contributed by atoms with E-state index in [-0.39, 0.29) is 4.90 Å². The molecule has 0 unspecified atom stereocenters. The summed E-state index contributed by atoms with van der Waals surface area (Å²) in [6.45, 7) is 6.00. The molecule has 0 heterocycles. The number of sulfonamides is 1. The van der Waals surface area contributed by atoms with Crippen molar-refractivity contribution >= 4 is 16.0 Å². The molecule has 2 aromatic carbocycles. The first-order valence-electron chi connectivity index (χ1n) is 8.92. The maximum absolute atomic E-state index is 12.1. The number of hydrogen-bond acceptors (Lipinski definition) is 3. The molecule has 0 aliphatic rings. The van der Waals surface area contributed by atoms with Crippen molar-refractivity contribution < 1.29 is 8.42 Å². The second-order valence-electron chi connectivity index (χ2n) is 6.47. The van der Waals surface area contributed by atoms with E-state index in [1.165, 1.54) is 24.0 Å². The van der Waals surface area contributed by atoms with Gasteiger partial charge in [0.05, 0.1) is 11.4 Å². The van der Waals surface area contributed by atoms with Crippen LogP contribution in [0.3, 0.4) is 0 Å². The quantitative estimate of drug-likeness (QED) is 0.565. The lowest BCUT2D eigenvalue weighted by Crippen LogP contribution is -2.36. The first kappa shape index (κ1) is 20.9. The van der Waals surface area contributed by atoms with E-state index in [2.05, 4.69) is 40.7 Å². The Balaban J connectivity index is 2.02. The van der Waals surface area contributed by atoms with Crippen molar-refractivity contribution in [2.75, 3.05) is 20.6 Å². The number of nitrogens with one attached hydrogen (secondary N) is 2. The van der Waals surface area contributed by atoms with Crippen LogP contribution in [0.5, 0.6) is 0 Å². The van der Waals surface area contributed by atoms with Crippen molar-refractivity contribution in [3.63, 3.8) is 0 Å². The fraction of sp³-hybridized carbons (Fsp3) is 0.350. The molecule has 146 valence electrons. The zero-order valence-corrected chi connectivity index (χ0v) is 17.2. The van der Waals surface area contributed by atoms with Gasteiger partial charge in [-0.15, -0.1) is 0 Å². The molecule has 0 fully saturated rings. The second kappa shape index (κ2) is 9.53. The molecule has 27 heavy (non-hydrogen) atoms. The third-order valence-electron chi connectivity index (χ3n) is 4.01. The van der Waals surface area contributed by atoms with Crippen LogP contribution >= 0.6 is 0 Å². The SMILES string of the molecule is CCNC(=NCc1cccc(C)c1)NCc1ccc(S(=O)(=O)N(C)C)cc1. The minimum absolute atomic E-state index is 0.288. The maximum atomic E-state index is 12.1. The van der Waals surface area contributed by atoms with Crippen LogP contribution < -0.4 is 10.6 Å². The number of guanidine groups is 1. The minimum atomic E-state index is -3.40. The van der Waals surface area contributed by atoms with Gasteiger partial charge in [-0.3, -0.25) is 0 Å². The summed E-state index contributed by atoms with van der Waals surface area (Å²) in [6.07, 6.45) is 0. The number of benzene rings is 2. The molecule has 0 aromatic heterocycles. The first-order valence-corrected chi connectivity index (χ1v) is 10.4. The van der Waals surface area contributed by atoms with Crippen LogP contribution in [0, 0.1) is 6.92 Å². The summed E-state index contributed by atoms with van der Waals surface area (Å²) in [5.74, 6) is 0.726. The summed E-state index contributed by atoms with van der Waals surface area (Å²) in [4.78, 5) is 4.90. The van der Waals surface area contributed by atoms with E-state index in [9.17, 15) is 8.42 Å². The maximum Gasteiger partial charge on any atom is 0.242 e. The molecule has 0 amide bonds. The molecule has 0 radical (unpaired) electrons. The van der Waals surface area contributed by atoms with E-state index in [0.29, 0.717) is 13.1 Å². The average molecular weight is 389 g/mol. The normalized spacial score (nSPS) is 12.3. The molecule has 0 aliphatic carbocycles. The Hall–Kier alpha value is -2.38. The minimum Gasteiger partial charge on any atom is -0.357 e. The number of hydrogen-bond donors (Lipinski definition) is 2. The van der Waals surface area contributed by atoms with Crippen LogP contribution in [0.15, 0.2) is 58.4 Å². The van der Waals surface area contributed by atoms with Gasteiger partial charge >= 0.3 is 0 Å². The van der Waals surface area contributed by atoms with Crippen molar-refractivity contribution in [1.82, 2.24) is 14.9 Å². The van der Waals surface area contributed by atoms with Crippen LogP contribution in [0.4, 0.5) is 0 Å². The van der Waals surface area contributed by atoms with E-state index in [4.69, 9.17) is 0 Å². The Morgan fingerprint density at radius 1 is 1.04 bits per heavy atom. The fourth-order valence-electron chi connectivity index (χ4n) is 2.50. The molecule has 0 spiro atoms. The fourth-order valence-corrected chi connectivity index (χ4v) is 3.40. The van der Waals surface area contributed by atoms with Crippen LogP contribution in [0.2, 0.25) is 0 Å². The van der Waals surface area contributed by atoms with Crippen LogP contribution in [0.25, 0.3) is 0 Å². The molecule has 0 atom stereocenters. The molecule has 6 nitrogen and oxygen atoms in total. The van der Waals surface area contributed by atoms with Gasteiger partial charge in [0.1, 0.15) is 0 Å². The van der Waals surface area contributed by atoms with E-state index in [1.54, 1.807) is 12.1 Å². The monoisotopic (exact) mass is 388 g/mol. The van der Waals surface area contributed by atoms with Crippen LogP contribution in [-0.4, -0.2) is 39.3 Å². The Morgan fingerprint density at radius 3 is 2.33 bits per heavy atom. The molecular weight excluding hydrogens is 360 g/mol. The third-order valence-corrected chi connectivity index (χ3v) is 5.84. The van der Waals surface area contributed by atoms with Crippen molar-refractivity contribution in [3.05, 3.63) is 65.2 Å². The summed E-state index contributed by atoms with van der Waals surface area (Å²) in [5, 5.41) is 6.51. The van der Waals surface area contributed by atoms with E-state index >= 15 is 0 Å². The molecule has 0 saturated heterocycles. The molecule has 7 heteroatoms. The molecule has 2 aromatic rings. The zero-order valence-electron chi connectivity index (χ0n) is 16.4. The lowest BCUT2D eigenvalue weighted by molar-refractivity contribution is 0.520. The molecule has 0 aliphatic heterocycles. The van der Waals surface area contributed by atoms with Gasteiger partial charge in [-0.25, -0.2) is 17.7 Å². The van der Waals surface area contributed by atoms with E-state index in [1.807, 2.05) is 25.1 Å². The first-order chi connectivity index (χ1) is 12.8. The Kier molecular flexibility index (Phi) is 7.38. The summed E-state index contributed by atoms with van der Waals surface area (Å²) in [5.41, 5.74) is 3.35. The highest BCUT2D eigenvalue weighted by Crippen LogP contribution is 2.14. The van der Waals surface area contributed by atoms with E-state index in [0.717, 1.165) is 23.6 Å². The van der Waals surface area contributed by atoms with Crippen LogP contribution in [0.1, 0.15) is 23.6 Å². The van der Waals surface area contributed by atoms with Crippen molar-refractivity contribution in [2.24, 2.45) is 4.99 Å². The third kappa shape index (κ3) is 6.08. The highest BCUT2D eigenvalue weighted by Gasteiger charge is 2.16. The highest BCUT2D eigenvalue weighted by molar-refractivity contribution is 7.89. The smallest absolute Gasteiger partial charge is 0.242 e. The molecule has 0 saturated carbocycles. The van der Waals surface area contributed by atoms with Gasteiger partial charge in [-0.05, 0) is 37.1 Å². The molecule has 0 bridgehead atoms. The summed E-state index contributed by atoms with van der Waals surface area (Å²) >= 11 is 0. The van der Waals surface area contributed by atoms with Gasteiger partial charge in [0.25, 0.3) is 0 Å². The molecule has 2 N–H and O–H groups in total. The number of nitrogens with zero attached hydrogens (tertiary/aromatic N) is 2. The van der Waals surface area contributed by atoms with Crippen LogP contribution in [-0.2, 0) is 23.1 Å². The van der Waals surface area contributed by atoms with E-state index < -0.39 is 10.0 Å². The van der Waals surface area contributed by atoms with Gasteiger partial charge in [0.2, 0.25) is 10.0 Å². The number of rotatable bonds is 7.